The highest BCUT2D eigenvalue weighted by Crippen LogP contribution is 2.28. The third-order valence-corrected chi connectivity index (χ3v) is 4.58. The summed E-state index contributed by atoms with van der Waals surface area (Å²) in [7, 11) is 1.57. The van der Waals surface area contributed by atoms with Gasteiger partial charge in [-0.25, -0.2) is 5.43 Å². The van der Waals surface area contributed by atoms with Gasteiger partial charge in [-0.05, 0) is 68.3 Å². The van der Waals surface area contributed by atoms with Gasteiger partial charge in [-0.2, -0.15) is 5.10 Å². The van der Waals surface area contributed by atoms with Crippen molar-refractivity contribution in [2.45, 2.75) is 33.2 Å². The van der Waals surface area contributed by atoms with Gasteiger partial charge in [0.05, 0.1) is 19.9 Å². The SMILES string of the molecule is CCOc1cc(/C=N\NC(=O)C(=O)N[C@@H](C)CC)ccc1OCC(=O)Nc1ccc(OC)cc1. The van der Waals surface area contributed by atoms with Crippen molar-refractivity contribution in [1.82, 2.24) is 10.7 Å². The lowest BCUT2D eigenvalue weighted by Crippen LogP contribution is -2.41. The first-order valence-electron chi connectivity index (χ1n) is 10.8. The molecule has 0 bridgehead atoms. The molecule has 2 rings (SSSR count). The number of hydrogen-bond acceptors (Lipinski definition) is 7. The molecule has 3 N–H and O–H groups in total. The number of methoxy groups -OCH3 is 1. The molecular formula is C24H30N4O6. The topological polar surface area (TPSA) is 127 Å². The zero-order valence-electron chi connectivity index (χ0n) is 19.7. The van der Waals surface area contributed by atoms with E-state index in [2.05, 4.69) is 21.2 Å². The van der Waals surface area contributed by atoms with Crippen molar-refractivity contribution in [3.05, 3.63) is 48.0 Å². The first-order valence-corrected chi connectivity index (χ1v) is 10.8. The van der Waals surface area contributed by atoms with Crippen molar-refractivity contribution in [2.75, 3.05) is 25.6 Å². The minimum absolute atomic E-state index is 0.109. The molecule has 2 aromatic carbocycles. The maximum absolute atomic E-state index is 12.2. The molecule has 0 heterocycles. The molecule has 0 fully saturated rings. The molecule has 3 amide bonds. The molecule has 34 heavy (non-hydrogen) atoms. The van der Waals surface area contributed by atoms with E-state index in [1.165, 1.54) is 6.21 Å². The minimum Gasteiger partial charge on any atom is -0.497 e. The second-order valence-corrected chi connectivity index (χ2v) is 7.19. The smallest absolute Gasteiger partial charge is 0.329 e. The molecule has 10 nitrogen and oxygen atoms in total. The first kappa shape index (κ1) is 26.2. The van der Waals surface area contributed by atoms with Crippen LogP contribution in [0, 0.1) is 0 Å². The largest absolute Gasteiger partial charge is 0.497 e. The molecule has 0 saturated heterocycles. The lowest BCUT2D eigenvalue weighted by molar-refractivity contribution is -0.139. The highest BCUT2D eigenvalue weighted by atomic mass is 16.5. The zero-order chi connectivity index (χ0) is 24.9. The van der Waals surface area contributed by atoms with Crippen LogP contribution in [0.15, 0.2) is 47.6 Å². The van der Waals surface area contributed by atoms with Crippen LogP contribution in [0.4, 0.5) is 5.69 Å². The lowest BCUT2D eigenvalue weighted by Gasteiger charge is -2.13. The fraction of sp³-hybridized carbons (Fsp3) is 0.333. The molecular weight excluding hydrogens is 440 g/mol. The summed E-state index contributed by atoms with van der Waals surface area (Å²) in [6, 6.07) is 11.8. The number of amides is 3. The summed E-state index contributed by atoms with van der Waals surface area (Å²) in [5, 5.41) is 9.10. The van der Waals surface area contributed by atoms with E-state index in [1.807, 2.05) is 13.8 Å². The van der Waals surface area contributed by atoms with Crippen LogP contribution >= 0.6 is 0 Å². The average molecular weight is 471 g/mol. The van der Waals surface area contributed by atoms with Crippen LogP contribution in [-0.4, -0.2) is 50.3 Å². The van der Waals surface area contributed by atoms with Gasteiger partial charge >= 0.3 is 11.8 Å². The van der Waals surface area contributed by atoms with Crippen molar-refractivity contribution in [1.29, 1.82) is 0 Å². The van der Waals surface area contributed by atoms with Gasteiger partial charge in [-0.3, -0.25) is 14.4 Å². The van der Waals surface area contributed by atoms with Crippen molar-refractivity contribution < 1.29 is 28.6 Å². The van der Waals surface area contributed by atoms with Gasteiger partial charge in [-0.1, -0.05) is 6.92 Å². The highest BCUT2D eigenvalue weighted by molar-refractivity contribution is 6.35. The van der Waals surface area contributed by atoms with Crippen molar-refractivity contribution in [3.63, 3.8) is 0 Å². The van der Waals surface area contributed by atoms with Crippen LogP contribution < -0.4 is 30.3 Å². The van der Waals surface area contributed by atoms with Crippen molar-refractivity contribution in [3.8, 4) is 17.2 Å². The summed E-state index contributed by atoms with van der Waals surface area (Å²) in [6.45, 7) is 5.67. The Labute approximate surface area is 198 Å². The third kappa shape index (κ3) is 8.45. The normalized spacial score (nSPS) is 11.4. The van der Waals surface area contributed by atoms with E-state index in [9.17, 15) is 14.4 Å². The van der Waals surface area contributed by atoms with Gasteiger partial charge < -0.3 is 24.8 Å². The number of nitrogens with zero attached hydrogens (tertiary/aromatic N) is 1. The van der Waals surface area contributed by atoms with E-state index in [-0.39, 0.29) is 18.6 Å². The lowest BCUT2D eigenvalue weighted by atomic mass is 10.2. The van der Waals surface area contributed by atoms with Gasteiger partial charge in [0.15, 0.2) is 18.1 Å². The Morgan fingerprint density at radius 3 is 2.38 bits per heavy atom. The standard InChI is InChI=1S/C24H30N4O6/c1-5-16(3)26-23(30)24(31)28-25-14-17-7-12-20(21(13-17)33-6-2)34-15-22(29)27-18-8-10-19(32-4)11-9-18/h7-14,16H,5-6,15H2,1-4H3,(H,26,30)(H,27,29)(H,28,31)/b25-14-/t16-/m0/s1. The number of carbonyl (C=O) groups excluding carboxylic acids is 3. The zero-order valence-corrected chi connectivity index (χ0v) is 19.7. The monoisotopic (exact) mass is 470 g/mol. The van der Waals surface area contributed by atoms with Crippen LogP contribution in [0.1, 0.15) is 32.8 Å². The molecule has 0 aliphatic rings. The second kappa shape index (κ2) is 13.5. The summed E-state index contributed by atoms with van der Waals surface area (Å²) in [5.41, 5.74) is 3.40. The van der Waals surface area contributed by atoms with E-state index < -0.39 is 11.8 Å². The van der Waals surface area contributed by atoms with Gasteiger partial charge in [0.2, 0.25) is 0 Å². The number of ether oxygens (including phenoxy) is 3. The highest BCUT2D eigenvalue weighted by Gasteiger charge is 2.14. The van der Waals surface area contributed by atoms with Gasteiger partial charge in [-0.15, -0.1) is 0 Å². The predicted molar refractivity (Wildman–Crippen MR) is 128 cm³/mol. The molecule has 0 saturated carbocycles. The molecule has 0 aliphatic carbocycles. The molecule has 1 atom stereocenters. The maximum Gasteiger partial charge on any atom is 0.329 e. The number of carbonyl (C=O) groups is 3. The Morgan fingerprint density at radius 2 is 1.74 bits per heavy atom. The number of hydrazone groups is 1. The van der Waals surface area contributed by atoms with Crippen LogP contribution in [-0.2, 0) is 14.4 Å². The number of hydrogen-bond donors (Lipinski definition) is 3. The van der Waals surface area contributed by atoms with E-state index in [4.69, 9.17) is 14.2 Å². The Morgan fingerprint density at radius 1 is 1.00 bits per heavy atom. The number of anilines is 1. The Bertz CT molecular complexity index is 1010. The molecule has 0 aromatic heterocycles. The fourth-order valence-corrected chi connectivity index (χ4v) is 2.61. The van der Waals surface area contributed by atoms with Gasteiger partial charge in [0.25, 0.3) is 5.91 Å². The fourth-order valence-electron chi connectivity index (χ4n) is 2.61. The van der Waals surface area contributed by atoms with Gasteiger partial charge in [0.1, 0.15) is 5.75 Å². The molecule has 0 aliphatic heterocycles. The molecule has 10 heteroatoms. The second-order valence-electron chi connectivity index (χ2n) is 7.19. The molecule has 0 radical (unpaired) electrons. The van der Waals surface area contributed by atoms with E-state index >= 15 is 0 Å². The maximum atomic E-state index is 12.2. The Kier molecular flexibility index (Phi) is 10.4. The van der Waals surface area contributed by atoms with Crippen molar-refractivity contribution >= 4 is 29.6 Å². The van der Waals surface area contributed by atoms with Crippen LogP contribution in [0.2, 0.25) is 0 Å². The molecule has 0 spiro atoms. The number of benzene rings is 2. The summed E-state index contributed by atoms with van der Waals surface area (Å²) >= 11 is 0. The first-order chi connectivity index (χ1) is 16.4. The summed E-state index contributed by atoms with van der Waals surface area (Å²) in [4.78, 5) is 35.8. The summed E-state index contributed by atoms with van der Waals surface area (Å²) < 4.78 is 16.3. The quantitative estimate of drug-likeness (QED) is 0.263. The molecule has 182 valence electrons. The van der Waals surface area contributed by atoms with E-state index in [1.54, 1.807) is 56.5 Å². The summed E-state index contributed by atoms with van der Waals surface area (Å²) in [6.07, 6.45) is 2.08. The van der Waals surface area contributed by atoms with Crippen LogP contribution in [0.25, 0.3) is 0 Å². The van der Waals surface area contributed by atoms with E-state index in [0.29, 0.717) is 41.5 Å². The average Bonchev–Trinajstić information content (AvgIpc) is 2.84. The predicted octanol–water partition coefficient (Wildman–Crippen LogP) is 2.48. The van der Waals surface area contributed by atoms with Crippen molar-refractivity contribution in [2.24, 2.45) is 5.10 Å². The Hall–Kier alpha value is -4.08. The number of nitrogens with one attached hydrogen (secondary N) is 3. The minimum atomic E-state index is -0.857. The Balaban J connectivity index is 1.94. The van der Waals surface area contributed by atoms with E-state index in [0.717, 1.165) is 0 Å². The van der Waals surface area contributed by atoms with Gasteiger partial charge in [0, 0.05) is 11.7 Å². The van der Waals surface area contributed by atoms with Crippen LogP contribution in [0.3, 0.4) is 0 Å². The third-order valence-electron chi connectivity index (χ3n) is 4.58. The number of rotatable bonds is 11. The van der Waals surface area contributed by atoms with Crippen LogP contribution in [0.5, 0.6) is 17.2 Å². The summed E-state index contributed by atoms with van der Waals surface area (Å²) in [5.74, 6) is -0.474. The molecule has 2 aromatic rings. The molecule has 0 unspecified atom stereocenters.